The molecule has 8 heteroatoms. The number of aryl methyl sites for hydroxylation is 1. The number of hydrogen-bond donors (Lipinski definition) is 1. The maximum atomic E-state index is 12.6. The van der Waals surface area contributed by atoms with Crippen LogP contribution in [-0.2, 0) is 13.2 Å². The van der Waals surface area contributed by atoms with Crippen LogP contribution in [0.3, 0.4) is 0 Å². The number of benzene rings is 2. The molecule has 0 bridgehead atoms. The third-order valence-corrected chi connectivity index (χ3v) is 6.32. The van der Waals surface area contributed by atoms with Crippen molar-refractivity contribution in [3.8, 4) is 5.75 Å². The summed E-state index contributed by atoms with van der Waals surface area (Å²) in [6.07, 6.45) is 0. The number of carbonyl (C=O) groups excluding carboxylic acids is 1. The van der Waals surface area contributed by atoms with Gasteiger partial charge < -0.3 is 10.1 Å². The summed E-state index contributed by atoms with van der Waals surface area (Å²) in [6, 6.07) is 19.0. The number of halogens is 2. The van der Waals surface area contributed by atoms with Gasteiger partial charge in [-0.1, -0.05) is 39.7 Å². The molecule has 4 aromatic rings. The molecule has 0 atom stereocenters. The van der Waals surface area contributed by atoms with Gasteiger partial charge in [-0.3, -0.25) is 9.48 Å². The molecule has 158 valence electrons. The number of ether oxygens (including phenoxy) is 1. The molecule has 31 heavy (non-hydrogen) atoms. The van der Waals surface area contributed by atoms with E-state index in [1.807, 2.05) is 65.5 Å². The van der Waals surface area contributed by atoms with Crippen LogP contribution >= 0.6 is 38.9 Å². The van der Waals surface area contributed by atoms with Gasteiger partial charge in [-0.05, 0) is 60.3 Å². The Balaban J connectivity index is 1.36. The van der Waals surface area contributed by atoms with Crippen LogP contribution < -0.4 is 10.1 Å². The van der Waals surface area contributed by atoms with E-state index in [1.54, 1.807) is 12.1 Å². The average molecular weight is 517 g/mol. The van der Waals surface area contributed by atoms with E-state index in [1.165, 1.54) is 11.3 Å². The molecule has 1 N–H and O–H groups in total. The van der Waals surface area contributed by atoms with Crippen LogP contribution in [0.1, 0.15) is 26.5 Å². The second kappa shape index (κ2) is 9.68. The molecule has 2 aromatic carbocycles. The second-order valence-electron chi connectivity index (χ2n) is 6.97. The van der Waals surface area contributed by atoms with Crippen LogP contribution in [0.25, 0.3) is 0 Å². The molecule has 5 nitrogen and oxygen atoms in total. The fourth-order valence-electron chi connectivity index (χ4n) is 2.94. The molecule has 0 aliphatic rings. The van der Waals surface area contributed by atoms with Crippen LogP contribution in [0.5, 0.6) is 5.75 Å². The quantitative estimate of drug-likeness (QED) is 0.303. The molecule has 0 spiro atoms. The smallest absolute Gasteiger partial charge is 0.266 e. The lowest BCUT2D eigenvalue weighted by molar-refractivity contribution is 0.103. The maximum Gasteiger partial charge on any atom is 0.266 e. The Morgan fingerprint density at radius 3 is 2.61 bits per heavy atom. The highest BCUT2D eigenvalue weighted by molar-refractivity contribution is 9.10. The van der Waals surface area contributed by atoms with Crippen molar-refractivity contribution in [1.82, 2.24) is 9.78 Å². The highest BCUT2D eigenvalue weighted by Crippen LogP contribution is 2.21. The molecule has 1 amide bonds. The van der Waals surface area contributed by atoms with Crippen molar-refractivity contribution in [2.75, 3.05) is 5.32 Å². The van der Waals surface area contributed by atoms with E-state index in [4.69, 9.17) is 16.3 Å². The van der Waals surface area contributed by atoms with Gasteiger partial charge in [0.1, 0.15) is 12.4 Å². The zero-order valence-electron chi connectivity index (χ0n) is 16.6. The number of anilines is 1. The van der Waals surface area contributed by atoms with Crippen molar-refractivity contribution in [2.45, 2.75) is 20.1 Å². The van der Waals surface area contributed by atoms with Gasteiger partial charge in [0.15, 0.2) is 5.82 Å². The summed E-state index contributed by atoms with van der Waals surface area (Å²) in [4.78, 5) is 13.3. The van der Waals surface area contributed by atoms with E-state index in [-0.39, 0.29) is 5.91 Å². The molecule has 4 rings (SSSR count). The van der Waals surface area contributed by atoms with E-state index in [0.717, 1.165) is 27.0 Å². The minimum absolute atomic E-state index is 0.184. The van der Waals surface area contributed by atoms with Gasteiger partial charge in [0.2, 0.25) is 0 Å². The molecule has 0 fully saturated rings. The second-order valence-corrected chi connectivity index (χ2v) is 9.23. The standard InChI is InChI=1S/C23H19BrClN3O2S/c1-15-10-22(27-28(15)12-16-2-4-18(24)5-3-16)26-23(29)21-11-17(14-31-21)13-30-20-8-6-19(25)7-9-20/h2-11,14H,12-13H2,1H3,(H,26,27,29). The number of carbonyl (C=O) groups is 1. The number of nitrogens with one attached hydrogen (secondary N) is 1. The Labute approximate surface area is 197 Å². The number of hydrogen-bond acceptors (Lipinski definition) is 4. The third-order valence-electron chi connectivity index (χ3n) is 4.57. The van der Waals surface area contributed by atoms with Gasteiger partial charge in [-0.15, -0.1) is 11.3 Å². The van der Waals surface area contributed by atoms with Gasteiger partial charge in [-0.25, -0.2) is 0 Å². The largest absolute Gasteiger partial charge is 0.489 e. The highest BCUT2D eigenvalue weighted by atomic mass is 79.9. The summed E-state index contributed by atoms with van der Waals surface area (Å²) in [6.45, 7) is 2.99. The third kappa shape index (κ3) is 5.76. The van der Waals surface area contributed by atoms with Gasteiger partial charge in [0.25, 0.3) is 5.91 Å². The molecular weight excluding hydrogens is 498 g/mol. The average Bonchev–Trinajstić information content (AvgIpc) is 3.36. The van der Waals surface area contributed by atoms with Crippen molar-refractivity contribution in [3.63, 3.8) is 0 Å². The van der Waals surface area contributed by atoms with Gasteiger partial charge in [0.05, 0.1) is 11.4 Å². The van der Waals surface area contributed by atoms with Crippen LogP contribution in [-0.4, -0.2) is 15.7 Å². The Bertz CT molecular complexity index is 1190. The molecule has 0 unspecified atom stereocenters. The summed E-state index contributed by atoms with van der Waals surface area (Å²) < 4.78 is 8.65. The molecule has 0 aliphatic heterocycles. The van der Waals surface area contributed by atoms with E-state index >= 15 is 0 Å². The molecule has 0 saturated carbocycles. The fraction of sp³-hybridized carbons (Fsp3) is 0.130. The highest BCUT2D eigenvalue weighted by Gasteiger charge is 2.13. The minimum Gasteiger partial charge on any atom is -0.489 e. The molecular formula is C23H19BrClN3O2S. The van der Waals surface area contributed by atoms with Gasteiger partial charge in [0, 0.05) is 26.8 Å². The number of nitrogens with zero attached hydrogens (tertiary/aromatic N) is 2. The fourth-order valence-corrected chi connectivity index (χ4v) is 4.12. The summed E-state index contributed by atoms with van der Waals surface area (Å²) in [5.41, 5.74) is 3.04. The molecule has 0 radical (unpaired) electrons. The summed E-state index contributed by atoms with van der Waals surface area (Å²) in [5, 5.41) is 9.99. The van der Waals surface area contributed by atoms with Crippen LogP contribution in [0.2, 0.25) is 5.02 Å². The Morgan fingerprint density at radius 1 is 1.13 bits per heavy atom. The van der Waals surface area contributed by atoms with Crippen LogP contribution in [0, 0.1) is 6.92 Å². The Morgan fingerprint density at radius 2 is 1.87 bits per heavy atom. The number of rotatable bonds is 7. The van der Waals surface area contributed by atoms with Crippen LogP contribution in [0.15, 0.2) is 70.5 Å². The lowest BCUT2D eigenvalue weighted by atomic mass is 10.2. The first-order valence-electron chi connectivity index (χ1n) is 9.52. The maximum absolute atomic E-state index is 12.6. The van der Waals surface area contributed by atoms with Crippen molar-refractivity contribution < 1.29 is 9.53 Å². The van der Waals surface area contributed by atoms with Crippen molar-refractivity contribution in [2.24, 2.45) is 0 Å². The molecule has 2 heterocycles. The summed E-state index contributed by atoms with van der Waals surface area (Å²) in [7, 11) is 0. The normalized spacial score (nSPS) is 10.8. The summed E-state index contributed by atoms with van der Waals surface area (Å²) >= 11 is 10.7. The van der Waals surface area contributed by atoms with Crippen LogP contribution in [0.4, 0.5) is 5.82 Å². The first-order valence-corrected chi connectivity index (χ1v) is 11.6. The van der Waals surface area contributed by atoms with E-state index in [2.05, 4.69) is 26.3 Å². The minimum atomic E-state index is -0.184. The van der Waals surface area contributed by atoms with E-state index < -0.39 is 0 Å². The van der Waals surface area contributed by atoms with Crippen molar-refractivity contribution >= 4 is 50.6 Å². The Kier molecular flexibility index (Phi) is 6.75. The first-order chi connectivity index (χ1) is 15.0. The number of thiophene rings is 1. The molecule has 2 aromatic heterocycles. The number of amides is 1. The molecule has 0 saturated heterocycles. The SMILES string of the molecule is Cc1cc(NC(=O)c2cc(COc3ccc(Cl)cc3)cs2)nn1Cc1ccc(Br)cc1. The lowest BCUT2D eigenvalue weighted by Crippen LogP contribution is -2.11. The first kappa shape index (κ1) is 21.6. The predicted molar refractivity (Wildman–Crippen MR) is 128 cm³/mol. The Hall–Kier alpha value is -2.61. The molecule has 0 aliphatic carbocycles. The monoisotopic (exact) mass is 515 g/mol. The van der Waals surface area contributed by atoms with Crippen molar-refractivity contribution in [3.05, 3.63) is 97.2 Å². The number of aromatic nitrogens is 2. The van der Waals surface area contributed by atoms with Gasteiger partial charge in [-0.2, -0.15) is 5.10 Å². The zero-order chi connectivity index (χ0) is 21.8. The topological polar surface area (TPSA) is 56.1 Å². The predicted octanol–water partition coefficient (Wildman–Crippen LogP) is 6.55. The van der Waals surface area contributed by atoms with Gasteiger partial charge >= 0.3 is 0 Å². The zero-order valence-corrected chi connectivity index (χ0v) is 19.8. The van der Waals surface area contributed by atoms with E-state index in [0.29, 0.717) is 28.9 Å². The van der Waals surface area contributed by atoms with Crippen molar-refractivity contribution in [1.29, 1.82) is 0 Å². The summed E-state index contributed by atoms with van der Waals surface area (Å²) in [5.74, 6) is 1.08. The van der Waals surface area contributed by atoms with E-state index in [9.17, 15) is 4.79 Å². The lowest BCUT2D eigenvalue weighted by Gasteiger charge is -2.05.